The van der Waals surface area contributed by atoms with Gasteiger partial charge in [-0.05, 0) is 30.3 Å². The monoisotopic (exact) mass is 317 g/mol. The van der Waals surface area contributed by atoms with Gasteiger partial charge in [0.25, 0.3) is 0 Å². The highest BCUT2D eigenvalue weighted by Gasteiger charge is 2.09. The highest BCUT2D eigenvalue weighted by atomic mass is 32.2. The molecule has 0 aliphatic heterocycles. The van der Waals surface area contributed by atoms with E-state index in [1.807, 2.05) is 24.3 Å². The number of rotatable bonds is 5. The number of nitrogens with one attached hydrogen (secondary N) is 1. The van der Waals surface area contributed by atoms with Crippen molar-refractivity contribution in [2.45, 2.75) is 29.1 Å². The Morgan fingerprint density at radius 1 is 1.24 bits per heavy atom. The minimum absolute atomic E-state index is 0.636. The van der Waals surface area contributed by atoms with Crippen LogP contribution in [-0.2, 0) is 6.42 Å². The Morgan fingerprint density at radius 2 is 2.10 bits per heavy atom. The van der Waals surface area contributed by atoms with Crippen molar-refractivity contribution in [2.24, 2.45) is 5.84 Å². The summed E-state index contributed by atoms with van der Waals surface area (Å²) in [5, 5.41) is 0.862. The van der Waals surface area contributed by atoms with E-state index in [2.05, 4.69) is 33.4 Å². The summed E-state index contributed by atoms with van der Waals surface area (Å²) >= 11 is 3.21. The Hall–Kier alpha value is -1.70. The summed E-state index contributed by atoms with van der Waals surface area (Å²) in [7, 11) is 0. The lowest BCUT2D eigenvalue weighted by atomic mass is 10.3. The lowest BCUT2D eigenvalue weighted by molar-refractivity contribution is 0.810. The van der Waals surface area contributed by atoms with E-state index >= 15 is 0 Å². The molecule has 0 bridgehead atoms. The maximum Gasteiger partial charge on any atom is 0.157 e. The number of nitrogen functional groups attached to an aromatic ring is 1. The third-order valence-corrected chi connectivity index (χ3v) is 4.85. The number of fused-ring (bicyclic) bond motifs is 1. The van der Waals surface area contributed by atoms with E-state index in [1.54, 1.807) is 23.1 Å². The summed E-state index contributed by atoms with van der Waals surface area (Å²) < 4.78 is 2.15. The van der Waals surface area contributed by atoms with Gasteiger partial charge in [-0.2, -0.15) is 0 Å². The lowest BCUT2D eigenvalue weighted by Gasteiger charge is -2.05. The van der Waals surface area contributed by atoms with Gasteiger partial charge in [-0.15, -0.1) is 11.3 Å². The van der Waals surface area contributed by atoms with Crippen molar-refractivity contribution in [3.05, 3.63) is 36.2 Å². The number of benzene rings is 1. The SMILES string of the molecule is CCCc1nc(NN)cc(Sc2nc3ccccc3s2)n1. The molecule has 0 spiro atoms. The molecule has 2 heterocycles. The summed E-state index contributed by atoms with van der Waals surface area (Å²) in [4.78, 5) is 13.5. The van der Waals surface area contributed by atoms with E-state index < -0.39 is 0 Å². The van der Waals surface area contributed by atoms with Crippen LogP contribution in [0.15, 0.2) is 39.7 Å². The van der Waals surface area contributed by atoms with E-state index in [9.17, 15) is 0 Å². The van der Waals surface area contributed by atoms with E-state index in [-0.39, 0.29) is 0 Å². The van der Waals surface area contributed by atoms with Crippen LogP contribution in [0.3, 0.4) is 0 Å². The quantitative estimate of drug-likeness (QED) is 0.426. The van der Waals surface area contributed by atoms with Gasteiger partial charge in [-0.3, -0.25) is 0 Å². The Balaban J connectivity index is 1.90. The first-order valence-electron chi connectivity index (χ1n) is 6.66. The van der Waals surface area contributed by atoms with Crippen LogP contribution in [0, 0.1) is 0 Å². The molecule has 7 heteroatoms. The second kappa shape index (κ2) is 6.38. The van der Waals surface area contributed by atoms with E-state index in [4.69, 9.17) is 5.84 Å². The Bertz CT molecular complexity index is 723. The largest absolute Gasteiger partial charge is 0.308 e. The molecule has 21 heavy (non-hydrogen) atoms. The molecule has 0 aliphatic rings. The number of hydrazine groups is 1. The minimum atomic E-state index is 0.636. The highest BCUT2D eigenvalue weighted by Crippen LogP contribution is 2.34. The molecule has 1 aromatic carbocycles. The molecule has 0 aliphatic carbocycles. The number of nitrogens with two attached hydrogens (primary N) is 1. The number of anilines is 1. The van der Waals surface area contributed by atoms with Gasteiger partial charge in [0, 0.05) is 12.5 Å². The van der Waals surface area contributed by atoms with Crippen molar-refractivity contribution in [3.8, 4) is 0 Å². The summed E-state index contributed by atoms with van der Waals surface area (Å²) in [5.74, 6) is 6.91. The predicted molar refractivity (Wildman–Crippen MR) is 87.6 cm³/mol. The van der Waals surface area contributed by atoms with Crippen LogP contribution in [0.2, 0.25) is 0 Å². The smallest absolute Gasteiger partial charge is 0.157 e. The molecule has 0 atom stereocenters. The topological polar surface area (TPSA) is 76.7 Å². The Morgan fingerprint density at radius 3 is 2.86 bits per heavy atom. The second-order valence-corrected chi connectivity index (χ2v) is 6.75. The van der Waals surface area contributed by atoms with Gasteiger partial charge in [0.1, 0.15) is 16.7 Å². The number of hydrogen-bond donors (Lipinski definition) is 2. The molecule has 0 amide bonds. The van der Waals surface area contributed by atoms with Gasteiger partial charge in [-0.1, -0.05) is 19.1 Å². The number of nitrogens with zero attached hydrogens (tertiary/aromatic N) is 3. The zero-order valence-electron chi connectivity index (χ0n) is 11.5. The molecule has 0 fully saturated rings. The summed E-state index contributed by atoms with van der Waals surface area (Å²) in [6.07, 6.45) is 1.84. The first kappa shape index (κ1) is 14.2. The maximum atomic E-state index is 5.48. The molecule has 3 aromatic rings. The maximum absolute atomic E-state index is 5.48. The number of thiazole rings is 1. The average Bonchev–Trinajstić information content (AvgIpc) is 2.89. The van der Waals surface area contributed by atoms with Crippen molar-refractivity contribution in [1.29, 1.82) is 0 Å². The van der Waals surface area contributed by atoms with Crippen molar-refractivity contribution in [2.75, 3.05) is 5.43 Å². The molecular weight excluding hydrogens is 302 g/mol. The van der Waals surface area contributed by atoms with Crippen LogP contribution in [0.25, 0.3) is 10.2 Å². The minimum Gasteiger partial charge on any atom is -0.308 e. The van der Waals surface area contributed by atoms with Crippen molar-refractivity contribution in [1.82, 2.24) is 15.0 Å². The van der Waals surface area contributed by atoms with Gasteiger partial charge in [0.2, 0.25) is 0 Å². The third kappa shape index (κ3) is 3.31. The molecule has 0 saturated heterocycles. The molecule has 2 aromatic heterocycles. The zero-order chi connectivity index (χ0) is 14.7. The van der Waals surface area contributed by atoms with Crippen LogP contribution in [-0.4, -0.2) is 15.0 Å². The van der Waals surface area contributed by atoms with Crippen LogP contribution in [0.1, 0.15) is 19.2 Å². The first-order valence-corrected chi connectivity index (χ1v) is 8.30. The molecule has 3 N–H and O–H groups in total. The standard InChI is InChI=1S/C14H15N5S2/c1-2-5-11-17-12(19-15)8-13(18-11)21-14-16-9-6-3-4-7-10(9)20-14/h3-4,6-8H,2,5,15H2,1H3,(H,17,18,19). The van der Waals surface area contributed by atoms with Crippen molar-refractivity contribution >= 4 is 39.1 Å². The summed E-state index contributed by atoms with van der Waals surface area (Å²) in [6, 6.07) is 9.96. The fourth-order valence-electron chi connectivity index (χ4n) is 1.92. The van der Waals surface area contributed by atoms with Crippen molar-refractivity contribution in [3.63, 3.8) is 0 Å². The van der Waals surface area contributed by atoms with Crippen LogP contribution < -0.4 is 11.3 Å². The Kier molecular flexibility index (Phi) is 4.33. The Labute approximate surface area is 131 Å². The van der Waals surface area contributed by atoms with E-state index in [0.717, 1.165) is 33.5 Å². The molecular formula is C14H15N5S2. The fourth-order valence-corrected chi connectivity index (χ4v) is 3.95. The van der Waals surface area contributed by atoms with Crippen LogP contribution >= 0.6 is 23.1 Å². The third-order valence-electron chi connectivity index (χ3n) is 2.84. The molecule has 3 rings (SSSR count). The zero-order valence-corrected chi connectivity index (χ0v) is 13.2. The summed E-state index contributed by atoms with van der Waals surface area (Å²) in [5.41, 5.74) is 3.62. The van der Waals surface area contributed by atoms with Crippen LogP contribution in [0.4, 0.5) is 5.82 Å². The molecule has 0 unspecified atom stereocenters. The lowest BCUT2D eigenvalue weighted by Crippen LogP contribution is -2.10. The molecule has 5 nitrogen and oxygen atoms in total. The fraction of sp³-hybridized carbons (Fsp3) is 0.214. The van der Waals surface area contributed by atoms with Gasteiger partial charge in [-0.25, -0.2) is 20.8 Å². The van der Waals surface area contributed by atoms with Crippen molar-refractivity contribution < 1.29 is 0 Å². The second-order valence-electron chi connectivity index (χ2n) is 4.45. The molecule has 0 saturated carbocycles. The van der Waals surface area contributed by atoms with Gasteiger partial charge < -0.3 is 5.43 Å². The first-order chi connectivity index (χ1) is 10.3. The molecule has 108 valence electrons. The highest BCUT2D eigenvalue weighted by molar-refractivity contribution is 8.01. The number of aromatic nitrogens is 3. The average molecular weight is 317 g/mol. The van der Waals surface area contributed by atoms with Gasteiger partial charge in [0.15, 0.2) is 4.34 Å². The number of para-hydroxylation sites is 1. The van der Waals surface area contributed by atoms with Gasteiger partial charge >= 0.3 is 0 Å². The van der Waals surface area contributed by atoms with Crippen LogP contribution in [0.5, 0.6) is 0 Å². The van der Waals surface area contributed by atoms with E-state index in [1.165, 1.54) is 4.70 Å². The van der Waals surface area contributed by atoms with E-state index in [0.29, 0.717) is 5.82 Å². The number of aryl methyl sites for hydroxylation is 1. The predicted octanol–water partition coefficient (Wildman–Crippen LogP) is 3.48. The number of hydrogen-bond acceptors (Lipinski definition) is 7. The molecule has 0 radical (unpaired) electrons. The van der Waals surface area contributed by atoms with Gasteiger partial charge in [0.05, 0.1) is 10.2 Å². The normalized spacial score (nSPS) is 11.0. The summed E-state index contributed by atoms with van der Waals surface area (Å²) in [6.45, 7) is 2.10.